The summed E-state index contributed by atoms with van der Waals surface area (Å²) in [5, 5.41) is 0.835. The van der Waals surface area contributed by atoms with Crippen molar-refractivity contribution in [3.8, 4) is 17.1 Å². The van der Waals surface area contributed by atoms with Crippen LogP contribution < -0.4 is 4.57 Å². The number of fused-ring (bicyclic) bond motifs is 7. The van der Waals surface area contributed by atoms with Crippen molar-refractivity contribution < 1.29 is 8.68 Å². The lowest BCUT2D eigenvalue weighted by molar-refractivity contribution is -0.648. The third-order valence-corrected chi connectivity index (χ3v) is 5.27. The third kappa shape index (κ3) is 1.59. The van der Waals surface area contributed by atoms with E-state index in [-0.39, 0.29) is 0 Å². The molecule has 124 valence electrons. The van der Waals surface area contributed by atoms with Gasteiger partial charge in [0, 0.05) is 18.0 Å². The fourth-order valence-corrected chi connectivity index (χ4v) is 4.19. The second-order valence-electron chi connectivity index (χ2n) is 6.64. The first-order valence-corrected chi connectivity index (χ1v) is 8.62. The summed E-state index contributed by atoms with van der Waals surface area (Å²) in [5.74, 6) is 1.00. The molecule has 6 rings (SSSR count). The van der Waals surface area contributed by atoms with Crippen molar-refractivity contribution in [3.63, 3.8) is 0 Å². The molecule has 4 nitrogen and oxygen atoms in total. The molecule has 0 bridgehead atoms. The molecule has 0 saturated heterocycles. The topological polar surface area (TPSA) is 26.6 Å². The maximum absolute atomic E-state index is 8.24. The standard InChI is InChI=1S/C22H17N4/c1-24-19-11-12-23-13-18(19)20-22(24)25-14-15-7-5-6-10-17(15)21(25)26(20)16-8-3-2-4-9-16/h2-13H,14H2,1H3/q+1/i1D3. The van der Waals surface area contributed by atoms with Crippen LogP contribution in [0.1, 0.15) is 9.68 Å². The van der Waals surface area contributed by atoms with Gasteiger partial charge < -0.3 is 0 Å². The maximum Gasteiger partial charge on any atom is 0.270 e. The summed E-state index contributed by atoms with van der Waals surface area (Å²) in [6.45, 7) is -1.67. The number of rotatable bonds is 1. The number of nitrogens with zero attached hydrogens (tertiary/aromatic N) is 4. The number of imidazole rings is 1. The first-order chi connectivity index (χ1) is 14.1. The normalized spacial score (nSPS) is 14.8. The number of para-hydroxylation sites is 1. The van der Waals surface area contributed by atoms with Crippen molar-refractivity contribution in [2.45, 2.75) is 6.54 Å². The minimum absolute atomic E-state index is 0.641. The summed E-state index contributed by atoms with van der Waals surface area (Å²) in [6.07, 6.45) is 3.41. The van der Waals surface area contributed by atoms with Crippen LogP contribution in [0.5, 0.6) is 0 Å². The van der Waals surface area contributed by atoms with Crippen LogP contribution in [0.15, 0.2) is 73.1 Å². The summed E-state index contributed by atoms with van der Waals surface area (Å²) in [4.78, 5) is 4.30. The summed E-state index contributed by atoms with van der Waals surface area (Å²) < 4.78 is 30.5. The molecule has 26 heavy (non-hydrogen) atoms. The Morgan fingerprint density at radius 3 is 2.77 bits per heavy atom. The highest BCUT2D eigenvalue weighted by molar-refractivity contribution is 6.05. The van der Waals surface area contributed by atoms with Crippen LogP contribution in [0, 0.1) is 0 Å². The lowest BCUT2D eigenvalue weighted by Gasteiger charge is -2.04. The molecule has 4 heterocycles. The molecule has 3 aromatic heterocycles. The molecule has 0 atom stereocenters. The first-order valence-electron chi connectivity index (χ1n) is 10.1. The molecule has 4 heteroatoms. The van der Waals surface area contributed by atoms with Crippen molar-refractivity contribution in [1.82, 2.24) is 14.1 Å². The van der Waals surface area contributed by atoms with E-state index in [2.05, 4.69) is 38.4 Å². The Morgan fingerprint density at radius 2 is 1.88 bits per heavy atom. The number of hydrogen-bond donors (Lipinski definition) is 0. The Balaban J connectivity index is 1.89. The molecule has 5 aromatic rings. The van der Waals surface area contributed by atoms with Crippen LogP contribution in [0.3, 0.4) is 0 Å². The van der Waals surface area contributed by atoms with Crippen LogP contribution in [0.4, 0.5) is 0 Å². The fourth-order valence-electron chi connectivity index (χ4n) is 4.19. The predicted molar refractivity (Wildman–Crippen MR) is 102 cm³/mol. The highest BCUT2D eigenvalue weighted by Crippen LogP contribution is 2.37. The van der Waals surface area contributed by atoms with E-state index in [1.807, 2.05) is 30.3 Å². The summed E-state index contributed by atoms with van der Waals surface area (Å²) in [5.41, 5.74) is 5.55. The largest absolute Gasteiger partial charge is 0.270 e. The second-order valence-corrected chi connectivity index (χ2v) is 6.64. The number of aromatic nitrogens is 4. The zero-order valence-corrected chi connectivity index (χ0v) is 13.9. The van der Waals surface area contributed by atoms with E-state index in [1.165, 1.54) is 10.1 Å². The molecular weight excluding hydrogens is 320 g/mol. The van der Waals surface area contributed by atoms with Gasteiger partial charge in [-0.3, -0.25) is 9.55 Å². The van der Waals surface area contributed by atoms with E-state index in [9.17, 15) is 0 Å². The third-order valence-electron chi connectivity index (χ3n) is 5.27. The van der Waals surface area contributed by atoms with E-state index in [0.717, 1.165) is 28.0 Å². The average molecular weight is 340 g/mol. The number of hydrogen-bond acceptors (Lipinski definition) is 1. The number of benzene rings is 2. The van der Waals surface area contributed by atoms with Crippen molar-refractivity contribution in [2.24, 2.45) is 6.98 Å². The van der Waals surface area contributed by atoms with Gasteiger partial charge in [0.05, 0.1) is 28.6 Å². The molecule has 0 aliphatic carbocycles. The summed E-state index contributed by atoms with van der Waals surface area (Å²) in [7, 11) is 0. The van der Waals surface area contributed by atoms with Crippen molar-refractivity contribution in [2.75, 3.05) is 0 Å². The molecule has 0 radical (unpaired) electrons. The molecule has 0 amide bonds. The van der Waals surface area contributed by atoms with Crippen LogP contribution >= 0.6 is 0 Å². The fraction of sp³-hybridized carbons (Fsp3) is 0.0909. The monoisotopic (exact) mass is 340 g/mol. The second kappa shape index (κ2) is 4.82. The van der Waals surface area contributed by atoms with Gasteiger partial charge in [0.1, 0.15) is 11.2 Å². The van der Waals surface area contributed by atoms with Crippen molar-refractivity contribution in [3.05, 3.63) is 78.6 Å². The molecule has 1 aliphatic heterocycles. The van der Waals surface area contributed by atoms with E-state index in [1.54, 1.807) is 18.5 Å². The zero-order valence-electron chi connectivity index (χ0n) is 16.9. The van der Waals surface area contributed by atoms with Crippen LogP contribution in [-0.4, -0.2) is 14.1 Å². The Kier molecular flexibility index (Phi) is 2.09. The summed E-state index contributed by atoms with van der Waals surface area (Å²) in [6, 6.07) is 20.1. The highest BCUT2D eigenvalue weighted by Gasteiger charge is 2.36. The molecule has 2 aromatic carbocycles. The van der Waals surface area contributed by atoms with E-state index in [4.69, 9.17) is 4.11 Å². The maximum atomic E-state index is 8.24. The van der Waals surface area contributed by atoms with Gasteiger partial charge in [-0.2, -0.15) is 0 Å². The van der Waals surface area contributed by atoms with Gasteiger partial charge >= 0.3 is 0 Å². The van der Waals surface area contributed by atoms with Gasteiger partial charge in [-0.05, 0) is 24.3 Å². The van der Waals surface area contributed by atoms with Gasteiger partial charge in [-0.25, -0.2) is 9.13 Å². The first kappa shape index (κ1) is 11.3. The Morgan fingerprint density at radius 1 is 1.04 bits per heavy atom. The van der Waals surface area contributed by atoms with Crippen LogP contribution in [-0.2, 0) is 13.5 Å². The SMILES string of the molecule is [2H]C([2H])([2H])n1c2ccncc2c2c1[n+]1c(n2-c2ccccc2)-c2ccccc2C1. The van der Waals surface area contributed by atoms with Crippen LogP contribution in [0.25, 0.3) is 39.1 Å². The van der Waals surface area contributed by atoms with E-state index in [0.29, 0.717) is 17.7 Å². The lowest BCUT2D eigenvalue weighted by Crippen LogP contribution is -2.33. The Bertz CT molecular complexity index is 1410. The smallest absolute Gasteiger partial charge is 0.264 e. The number of aryl methyl sites for hydroxylation is 1. The van der Waals surface area contributed by atoms with Gasteiger partial charge in [0.25, 0.3) is 5.65 Å². The Labute approximate surface area is 154 Å². The van der Waals surface area contributed by atoms with Gasteiger partial charge in [-0.1, -0.05) is 36.4 Å². The summed E-state index contributed by atoms with van der Waals surface area (Å²) >= 11 is 0. The van der Waals surface area contributed by atoms with Crippen molar-refractivity contribution >= 4 is 22.1 Å². The lowest BCUT2D eigenvalue weighted by atomic mass is 10.1. The molecule has 0 saturated carbocycles. The van der Waals surface area contributed by atoms with Crippen molar-refractivity contribution in [1.29, 1.82) is 0 Å². The van der Waals surface area contributed by atoms with Gasteiger partial charge in [-0.15, -0.1) is 0 Å². The van der Waals surface area contributed by atoms with E-state index < -0.39 is 6.98 Å². The molecule has 1 aliphatic rings. The predicted octanol–water partition coefficient (Wildman–Crippen LogP) is 3.83. The van der Waals surface area contributed by atoms with Gasteiger partial charge in [0.15, 0.2) is 5.52 Å². The molecule has 0 fully saturated rings. The Hall–Kier alpha value is -3.40. The minimum atomic E-state index is -2.31. The number of pyridine rings is 1. The molecule has 0 spiro atoms. The van der Waals surface area contributed by atoms with E-state index >= 15 is 0 Å². The van der Waals surface area contributed by atoms with Gasteiger partial charge in [0.2, 0.25) is 5.82 Å². The molecule has 0 unspecified atom stereocenters. The molecule has 0 N–H and O–H groups in total. The highest BCUT2D eigenvalue weighted by atomic mass is 15.3. The molecular formula is C22H17N4+. The zero-order chi connectivity index (χ0) is 19.8. The average Bonchev–Trinajstić information content (AvgIpc) is 3.34. The van der Waals surface area contributed by atoms with Crippen LogP contribution in [0.2, 0.25) is 0 Å². The quantitative estimate of drug-likeness (QED) is 0.418. The minimum Gasteiger partial charge on any atom is -0.264 e.